The van der Waals surface area contributed by atoms with E-state index in [2.05, 4.69) is 4.98 Å². The van der Waals surface area contributed by atoms with Crippen molar-refractivity contribution in [2.45, 2.75) is 20.8 Å². The molecule has 0 unspecified atom stereocenters. The first-order valence-electron chi connectivity index (χ1n) is 8.01. The van der Waals surface area contributed by atoms with Gasteiger partial charge in [-0.05, 0) is 68.3 Å². The number of aromatic amines is 1. The van der Waals surface area contributed by atoms with Crippen molar-refractivity contribution in [2.24, 2.45) is 0 Å². The first-order valence-corrected chi connectivity index (χ1v) is 8.83. The monoisotopic (exact) mass is 350 g/mol. The summed E-state index contributed by atoms with van der Waals surface area (Å²) in [5.74, 6) is 0.784. The van der Waals surface area contributed by atoms with Gasteiger partial charge in [0.15, 0.2) is 0 Å². The number of rotatable bonds is 4. The highest BCUT2D eigenvalue weighted by Crippen LogP contribution is 2.33. The van der Waals surface area contributed by atoms with E-state index in [1.54, 1.807) is 11.3 Å². The molecule has 0 amide bonds. The fourth-order valence-electron chi connectivity index (χ4n) is 2.83. The molecule has 0 aliphatic heterocycles. The van der Waals surface area contributed by atoms with E-state index in [-0.39, 0.29) is 11.1 Å². The molecule has 0 aliphatic rings. The molecule has 126 valence electrons. The highest BCUT2D eigenvalue weighted by atomic mass is 32.1. The summed E-state index contributed by atoms with van der Waals surface area (Å²) in [7, 11) is 0. The number of nitrogens with one attached hydrogen (secondary N) is 1. The van der Waals surface area contributed by atoms with E-state index in [9.17, 15) is 10.1 Å². The third-order valence-corrected chi connectivity index (χ3v) is 4.92. The number of hydrogen-bond acceptors (Lipinski definition) is 4. The Bertz CT molecular complexity index is 1010. The smallest absolute Gasteiger partial charge is 0.266 e. The molecule has 2 aromatic heterocycles. The highest BCUT2D eigenvalue weighted by Gasteiger charge is 2.15. The topological polar surface area (TPSA) is 65.9 Å². The molecule has 0 spiro atoms. The molecule has 0 saturated carbocycles. The Balaban J connectivity index is 2.15. The lowest BCUT2D eigenvalue weighted by atomic mass is 9.99. The number of H-pyrrole nitrogens is 1. The summed E-state index contributed by atoms with van der Waals surface area (Å²) in [4.78, 5) is 17.5. The van der Waals surface area contributed by atoms with Gasteiger partial charge in [0.05, 0.1) is 6.61 Å². The molecule has 4 nitrogen and oxygen atoms in total. The number of aryl methyl sites for hydroxylation is 2. The maximum absolute atomic E-state index is 12.4. The van der Waals surface area contributed by atoms with Gasteiger partial charge < -0.3 is 9.72 Å². The van der Waals surface area contributed by atoms with Crippen LogP contribution in [0.1, 0.15) is 22.2 Å². The molecule has 2 heterocycles. The Morgan fingerprint density at radius 2 is 1.88 bits per heavy atom. The van der Waals surface area contributed by atoms with Gasteiger partial charge in [0.2, 0.25) is 0 Å². The Morgan fingerprint density at radius 1 is 1.16 bits per heavy atom. The van der Waals surface area contributed by atoms with Crippen LogP contribution in [-0.2, 0) is 0 Å². The van der Waals surface area contributed by atoms with Crippen LogP contribution in [0.3, 0.4) is 0 Å². The SMILES string of the molecule is CCOc1ccc(-c2cc(-c3cc(C)sc3C)c(C#N)c(=O)[nH]2)cc1. The number of pyridine rings is 1. The lowest BCUT2D eigenvalue weighted by Crippen LogP contribution is -2.12. The standard InChI is InChI=1S/C20H18N2O2S/c1-4-24-15-7-5-14(6-8-15)19-10-17(18(11-21)20(23)22-19)16-9-12(2)25-13(16)3/h5-10H,4H2,1-3H3,(H,22,23). The van der Waals surface area contributed by atoms with Gasteiger partial charge in [-0.25, -0.2) is 0 Å². The Labute approximate surface area is 150 Å². The van der Waals surface area contributed by atoms with Crippen LogP contribution in [-0.4, -0.2) is 11.6 Å². The summed E-state index contributed by atoms with van der Waals surface area (Å²) in [6.45, 7) is 6.57. The van der Waals surface area contributed by atoms with Crippen molar-refractivity contribution >= 4 is 11.3 Å². The molecule has 1 N–H and O–H groups in total. The minimum atomic E-state index is -0.368. The van der Waals surface area contributed by atoms with Crippen molar-refractivity contribution in [3.63, 3.8) is 0 Å². The fraction of sp³-hybridized carbons (Fsp3) is 0.200. The molecule has 3 aromatic rings. The van der Waals surface area contributed by atoms with Crippen molar-refractivity contribution in [1.29, 1.82) is 5.26 Å². The van der Waals surface area contributed by atoms with Crippen LogP contribution in [0.4, 0.5) is 0 Å². The molecule has 0 bridgehead atoms. The van der Waals surface area contributed by atoms with E-state index in [0.717, 1.165) is 26.6 Å². The van der Waals surface area contributed by atoms with E-state index in [1.165, 1.54) is 0 Å². The first-order chi connectivity index (χ1) is 12.0. The molecule has 0 atom stereocenters. The number of thiophene rings is 1. The molecular weight excluding hydrogens is 332 g/mol. The largest absolute Gasteiger partial charge is 0.494 e. The molecule has 5 heteroatoms. The van der Waals surface area contributed by atoms with Gasteiger partial charge in [-0.15, -0.1) is 11.3 Å². The average Bonchev–Trinajstić information content (AvgIpc) is 2.93. The summed E-state index contributed by atoms with van der Waals surface area (Å²) >= 11 is 1.66. The van der Waals surface area contributed by atoms with Gasteiger partial charge in [0.1, 0.15) is 17.4 Å². The zero-order valence-corrected chi connectivity index (χ0v) is 15.2. The Hall–Kier alpha value is -2.84. The molecule has 1 aromatic carbocycles. The molecule has 0 saturated heterocycles. The molecule has 0 fully saturated rings. The predicted octanol–water partition coefficient (Wildman–Crippen LogP) is 4.66. The van der Waals surface area contributed by atoms with Crippen LogP contribution >= 0.6 is 11.3 Å². The molecule has 0 aliphatic carbocycles. The van der Waals surface area contributed by atoms with Crippen molar-refractivity contribution in [2.75, 3.05) is 6.61 Å². The maximum atomic E-state index is 12.4. The van der Waals surface area contributed by atoms with E-state index in [0.29, 0.717) is 17.9 Å². The quantitative estimate of drug-likeness (QED) is 0.744. The van der Waals surface area contributed by atoms with Crippen molar-refractivity contribution in [3.8, 4) is 34.2 Å². The Morgan fingerprint density at radius 3 is 2.44 bits per heavy atom. The summed E-state index contributed by atoms with van der Waals surface area (Å²) in [5, 5.41) is 9.43. The third kappa shape index (κ3) is 3.35. The number of hydrogen-bond donors (Lipinski definition) is 1. The summed E-state index contributed by atoms with van der Waals surface area (Å²) in [5.41, 5.74) is 2.96. The zero-order valence-electron chi connectivity index (χ0n) is 14.3. The van der Waals surface area contributed by atoms with Gasteiger partial charge in [-0.2, -0.15) is 5.26 Å². The Kier molecular flexibility index (Phi) is 4.73. The van der Waals surface area contributed by atoms with E-state index < -0.39 is 0 Å². The van der Waals surface area contributed by atoms with E-state index >= 15 is 0 Å². The fourth-order valence-corrected chi connectivity index (χ4v) is 3.77. The van der Waals surface area contributed by atoms with Crippen molar-refractivity contribution in [3.05, 3.63) is 62.1 Å². The second-order valence-electron chi connectivity index (χ2n) is 5.70. The van der Waals surface area contributed by atoms with Crippen LogP contribution in [0.5, 0.6) is 5.75 Å². The summed E-state index contributed by atoms with van der Waals surface area (Å²) in [6.07, 6.45) is 0. The van der Waals surface area contributed by atoms with Gasteiger partial charge in [-0.1, -0.05) is 0 Å². The number of nitriles is 1. The van der Waals surface area contributed by atoms with Crippen LogP contribution in [0, 0.1) is 25.2 Å². The van der Waals surface area contributed by atoms with E-state index in [1.807, 2.05) is 63.2 Å². The number of nitrogens with zero attached hydrogens (tertiary/aromatic N) is 1. The lowest BCUT2D eigenvalue weighted by molar-refractivity contribution is 0.340. The molecule has 3 rings (SSSR count). The molecule has 25 heavy (non-hydrogen) atoms. The second kappa shape index (κ2) is 6.96. The normalized spacial score (nSPS) is 10.5. The van der Waals surface area contributed by atoms with Crippen LogP contribution in [0.15, 0.2) is 41.2 Å². The summed E-state index contributed by atoms with van der Waals surface area (Å²) in [6, 6.07) is 13.5. The molecule has 0 radical (unpaired) electrons. The highest BCUT2D eigenvalue weighted by molar-refractivity contribution is 7.12. The minimum Gasteiger partial charge on any atom is -0.494 e. The number of ether oxygens (including phenoxy) is 1. The van der Waals surface area contributed by atoms with Crippen molar-refractivity contribution in [1.82, 2.24) is 4.98 Å². The molecular formula is C20H18N2O2S. The predicted molar refractivity (Wildman–Crippen MR) is 101 cm³/mol. The van der Waals surface area contributed by atoms with Gasteiger partial charge >= 0.3 is 0 Å². The van der Waals surface area contributed by atoms with E-state index in [4.69, 9.17) is 4.74 Å². The van der Waals surface area contributed by atoms with Crippen LogP contribution < -0.4 is 10.3 Å². The van der Waals surface area contributed by atoms with Crippen LogP contribution in [0.25, 0.3) is 22.4 Å². The van der Waals surface area contributed by atoms with Gasteiger partial charge in [0.25, 0.3) is 5.56 Å². The number of benzene rings is 1. The van der Waals surface area contributed by atoms with Crippen LogP contribution in [0.2, 0.25) is 0 Å². The van der Waals surface area contributed by atoms with Gasteiger partial charge in [0, 0.05) is 21.0 Å². The van der Waals surface area contributed by atoms with Gasteiger partial charge in [-0.3, -0.25) is 4.79 Å². The summed E-state index contributed by atoms with van der Waals surface area (Å²) < 4.78 is 5.45. The zero-order chi connectivity index (χ0) is 18.0. The second-order valence-corrected chi connectivity index (χ2v) is 7.16. The minimum absolute atomic E-state index is 0.149. The first kappa shape index (κ1) is 17.0. The lowest BCUT2D eigenvalue weighted by Gasteiger charge is -2.09. The van der Waals surface area contributed by atoms with Crippen molar-refractivity contribution < 1.29 is 4.74 Å². The maximum Gasteiger partial charge on any atom is 0.266 e. The number of aromatic nitrogens is 1. The third-order valence-electron chi connectivity index (χ3n) is 3.95. The average molecular weight is 350 g/mol.